The van der Waals surface area contributed by atoms with Crippen molar-refractivity contribution in [2.24, 2.45) is 0 Å². The van der Waals surface area contributed by atoms with Gasteiger partial charge in [-0.25, -0.2) is 0 Å². The third kappa shape index (κ3) is 4.87. The minimum absolute atomic E-state index is 0.0477. The van der Waals surface area contributed by atoms with E-state index in [2.05, 4.69) is 6.92 Å². The second-order valence-electron chi connectivity index (χ2n) is 3.81. The van der Waals surface area contributed by atoms with Gasteiger partial charge in [0.1, 0.15) is 6.10 Å². The van der Waals surface area contributed by atoms with Crippen molar-refractivity contribution in [3.05, 3.63) is 11.8 Å². The Labute approximate surface area is 104 Å². The highest BCUT2D eigenvalue weighted by atomic mass is 28.4. The average Bonchev–Trinajstić information content (AvgIpc) is 3.19. The van der Waals surface area contributed by atoms with E-state index >= 15 is 0 Å². The van der Waals surface area contributed by atoms with Gasteiger partial charge in [-0.2, -0.15) is 0 Å². The molecule has 1 rings (SSSR count). The molecule has 0 saturated carbocycles. The normalized spacial score (nSPS) is 22.0. The molecule has 100 valence electrons. The molecule has 0 amide bonds. The largest absolute Gasteiger partial charge is 0.528 e. The van der Waals surface area contributed by atoms with E-state index in [4.69, 9.17) is 22.8 Å². The molecule has 1 heterocycles. The molecule has 6 heteroatoms. The lowest BCUT2D eigenvalue weighted by Gasteiger charge is -2.21. The Morgan fingerprint density at radius 2 is 1.88 bits per heavy atom. The Balaban J connectivity index is 2.44. The summed E-state index contributed by atoms with van der Waals surface area (Å²) in [5.74, 6) is 0. The zero-order chi connectivity index (χ0) is 12.7. The number of hydrogen-bond donors (Lipinski definition) is 0. The van der Waals surface area contributed by atoms with Crippen molar-refractivity contribution < 1.29 is 22.8 Å². The summed E-state index contributed by atoms with van der Waals surface area (Å²) >= 11 is 0. The van der Waals surface area contributed by atoms with Gasteiger partial charge in [0.25, 0.3) is 0 Å². The number of rotatable bonds is 9. The van der Waals surface area contributed by atoms with Crippen molar-refractivity contribution in [1.29, 1.82) is 0 Å². The van der Waals surface area contributed by atoms with E-state index in [0.29, 0.717) is 6.61 Å². The highest BCUT2D eigenvalue weighted by molar-refractivity contribution is 6.66. The first-order valence-corrected chi connectivity index (χ1v) is 7.58. The van der Waals surface area contributed by atoms with Crippen LogP contribution in [0.3, 0.4) is 0 Å². The highest BCUT2D eigenvalue weighted by Gasteiger charge is 2.34. The molecule has 1 saturated heterocycles. The van der Waals surface area contributed by atoms with Crippen LogP contribution in [0.5, 0.6) is 0 Å². The van der Waals surface area contributed by atoms with Crippen molar-refractivity contribution >= 4 is 8.80 Å². The van der Waals surface area contributed by atoms with Crippen molar-refractivity contribution in [3.63, 3.8) is 0 Å². The summed E-state index contributed by atoms with van der Waals surface area (Å²) < 4.78 is 26.7. The van der Waals surface area contributed by atoms with E-state index in [1.807, 2.05) is 11.8 Å². The predicted molar refractivity (Wildman–Crippen MR) is 65.7 cm³/mol. The van der Waals surface area contributed by atoms with Gasteiger partial charge < -0.3 is 22.8 Å². The molecule has 0 bridgehead atoms. The Kier molecular flexibility index (Phi) is 6.32. The SMILES string of the molecule is CCC(/C=C/[Si](OC)(OC)OC)OCC1CO1. The number of hydrogen-bond acceptors (Lipinski definition) is 5. The summed E-state index contributed by atoms with van der Waals surface area (Å²) in [6.07, 6.45) is 3.17. The standard InChI is InChI=1S/C11H22O5Si/c1-5-10(15-8-11-9-16-11)6-7-17(12-2,13-3)14-4/h6-7,10-11H,5,8-9H2,1-4H3/b7-6+. The molecule has 1 fully saturated rings. The lowest BCUT2D eigenvalue weighted by molar-refractivity contribution is 0.0692. The van der Waals surface area contributed by atoms with Gasteiger partial charge in [-0.3, -0.25) is 0 Å². The van der Waals surface area contributed by atoms with Gasteiger partial charge in [0.2, 0.25) is 0 Å². The van der Waals surface area contributed by atoms with Crippen LogP contribution in [0, 0.1) is 0 Å². The number of epoxide rings is 1. The monoisotopic (exact) mass is 262 g/mol. The summed E-state index contributed by atoms with van der Waals surface area (Å²) in [4.78, 5) is 0. The third-order valence-electron chi connectivity index (χ3n) is 2.67. The van der Waals surface area contributed by atoms with Crippen LogP contribution in [-0.4, -0.2) is 55.6 Å². The first-order valence-electron chi connectivity index (χ1n) is 5.77. The van der Waals surface area contributed by atoms with Gasteiger partial charge >= 0.3 is 8.80 Å². The van der Waals surface area contributed by atoms with E-state index in [1.54, 1.807) is 21.3 Å². The molecule has 0 radical (unpaired) electrons. The van der Waals surface area contributed by atoms with Crippen LogP contribution in [0.15, 0.2) is 11.8 Å². The van der Waals surface area contributed by atoms with E-state index in [-0.39, 0.29) is 12.2 Å². The van der Waals surface area contributed by atoms with Gasteiger partial charge in [-0.05, 0) is 12.1 Å². The Morgan fingerprint density at radius 1 is 1.29 bits per heavy atom. The lowest BCUT2D eigenvalue weighted by atomic mass is 10.3. The second-order valence-corrected chi connectivity index (χ2v) is 6.58. The molecular formula is C11H22O5Si. The fourth-order valence-electron chi connectivity index (χ4n) is 1.38. The van der Waals surface area contributed by atoms with Crippen molar-refractivity contribution in [1.82, 2.24) is 0 Å². The van der Waals surface area contributed by atoms with E-state index in [9.17, 15) is 0 Å². The quantitative estimate of drug-likeness (QED) is 0.461. The zero-order valence-corrected chi connectivity index (χ0v) is 12.0. The third-order valence-corrected chi connectivity index (χ3v) is 4.98. The van der Waals surface area contributed by atoms with Crippen LogP contribution in [0.2, 0.25) is 0 Å². The van der Waals surface area contributed by atoms with Gasteiger partial charge in [0.15, 0.2) is 0 Å². The van der Waals surface area contributed by atoms with E-state index < -0.39 is 8.80 Å². The summed E-state index contributed by atoms with van der Waals surface area (Å²) in [7, 11) is 2.13. The smallest absolute Gasteiger partial charge is 0.374 e. The molecular weight excluding hydrogens is 240 g/mol. The maximum atomic E-state index is 5.69. The number of ether oxygens (including phenoxy) is 2. The molecule has 2 unspecified atom stereocenters. The first kappa shape index (κ1) is 14.8. The van der Waals surface area contributed by atoms with Crippen LogP contribution in [0.1, 0.15) is 13.3 Å². The lowest BCUT2D eigenvalue weighted by Crippen LogP contribution is -2.41. The molecule has 0 aromatic rings. The first-order chi connectivity index (χ1) is 8.19. The van der Waals surface area contributed by atoms with E-state index in [1.165, 1.54) is 0 Å². The summed E-state index contributed by atoms with van der Waals surface area (Å²) in [6, 6.07) is 0. The van der Waals surface area contributed by atoms with Crippen molar-refractivity contribution in [2.75, 3.05) is 34.5 Å². The maximum absolute atomic E-state index is 5.69. The van der Waals surface area contributed by atoms with Gasteiger partial charge in [0, 0.05) is 21.3 Å². The molecule has 2 atom stereocenters. The minimum Gasteiger partial charge on any atom is -0.374 e. The van der Waals surface area contributed by atoms with Crippen LogP contribution in [0.25, 0.3) is 0 Å². The topological polar surface area (TPSA) is 49.5 Å². The van der Waals surface area contributed by atoms with Crippen molar-refractivity contribution in [3.8, 4) is 0 Å². The Bertz CT molecular complexity index is 230. The minimum atomic E-state index is -2.63. The molecule has 0 aliphatic carbocycles. The van der Waals surface area contributed by atoms with Gasteiger partial charge in [-0.1, -0.05) is 13.0 Å². The molecule has 1 aliphatic rings. The highest BCUT2D eigenvalue weighted by Crippen LogP contribution is 2.13. The maximum Gasteiger partial charge on any atom is 0.528 e. The predicted octanol–water partition coefficient (Wildman–Crippen LogP) is 1.15. The Hall–Kier alpha value is -0.243. The summed E-state index contributed by atoms with van der Waals surface area (Å²) in [6.45, 7) is 3.52. The molecule has 1 aliphatic heterocycles. The molecule has 0 spiro atoms. The van der Waals surface area contributed by atoms with Gasteiger partial charge in [-0.15, -0.1) is 0 Å². The van der Waals surface area contributed by atoms with Crippen LogP contribution in [-0.2, 0) is 22.8 Å². The molecule has 5 nitrogen and oxygen atoms in total. The van der Waals surface area contributed by atoms with Gasteiger partial charge in [0.05, 0.1) is 19.3 Å². The zero-order valence-electron chi connectivity index (χ0n) is 11.0. The fraction of sp³-hybridized carbons (Fsp3) is 0.818. The molecule has 0 aromatic heterocycles. The summed E-state index contributed by atoms with van der Waals surface area (Å²) in [5, 5.41) is 0. The molecule has 0 N–H and O–H groups in total. The molecule has 0 aromatic carbocycles. The van der Waals surface area contributed by atoms with Crippen LogP contribution in [0.4, 0.5) is 0 Å². The van der Waals surface area contributed by atoms with Crippen LogP contribution >= 0.6 is 0 Å². The van der Waals surface area contributed by atoms with E-state index in [0.717, 1.165) is 13.0 Å². The average molecular weight is 262 g/mol. The molecule has 17 heavy (non-hydrogen) atoms. The second kappa shape index (κ2) is 7.25. The van der Waals surface area contributed by atoms with Crippen LogP contribution < -0.4 is 0 Å². The van der Waals surface area contributed by atoms with Crippen molar-refractivity contribution in [2.45, 2.75) is 25.6 Å². The fourth-order valence-corrected chi connectivity index (χ4v) is 2.74. The summed E-state index contributed by atoms with van der Waals surface area (Å²) in [5.41, 5.74) is 1.86. The Morgan fingerprint density at radius 3 is 2.29 bits per heavy atom.